The third-order valence-corrected chi connectivity index (χ3v) is 4.02. The Morgan fingerprint density at radius 1 is 0.880 bits per heavy atom. The van der Waals surface area contributed by atoms with E-state index in [0.29, 0.717) is 28.6 Å². The van der Waals surface area contributed by atoms with Crippen LogP contribution < -0.4 is 18.9 Å². The molecule has 134 valence electrons. The molecule has 1 N–H and O–H groups in total. The number of aliphatic carboxylic acids is 1. The van der Waals surface area contributed by atoms with E-state index in [1.165, 1.54) is 14.2 Å². The molecule has 0 aliphatic rings. The first kappa shape index (κ1) is 18.4. The standard InChI is InChI=1S/C19H22O6/c1-22-14-6-8-16(23-2)13(9-14)10-15(19(20)21)12-5-7-17(24-3)18(11-12)25-4/h5-9,11,15H,10H2,1-4H3,(H,20,21). The molecule has 2 rings (SSSR count). The summed E-state index contributed by atoms with van der Waals surface area (Å²) < 4.78 is 21.1. The highest BCUT2D eigenvalue weighted by atomic mass is 16.5. The second-order valence-corrected chi connectivity index (χ2v) is 5.39. The number of benzene rings is 2. The summed E-state index contributed by atoms with van der Waals surface area (Å²) in [6.07, 6.45) is 0.255. The lowest BCUT2D eigenvalue weighted by atomic mass is 9.91. The highest BCUT2D eigenvalue weighted by molar-refractivity contribution is 5.77. The van der Waals surface area contributed by atoms with Gasteiger partial charge in [-0.2, -0.15) is 0 Å². The second-order valence-electron chi connectivity index (χ2n) is 5.39. The Hall–Kier alpha value is -2.89. The summed E-state index contributed by atoms with van der Waals surface area (Å²) >= 11 is 0. The van der Waals surface area contributed by atoms with E-state index in [-0.39, 0.29) is 6.42 Å². The molecule has 0 bridgehead atoms. The fourth-order valence-electron chi connectivity index (χ4n) is 2.68. The van der Waals surface area contributed by atoms with Gasteiger partial charge in [0.25, 0.3) is 0 Å². The van der Waals surface area contributed by atoms with Crippen LogP contribution in [0.4, 0.5) is 0 Å². The minimum absolute atomic E-state index is 0.255. The van der Waals surface area contributed by atoms with Crippen molar-refractivity contribution >= 4 is 5.97 Å². The van der Waals surface area contributed by atoms with Crippen LogP contribution in [0.25, 0.3) is 0 Å². The molecular weight excluding hydrogens is 324 g/mol. The molecule has 0 radical (unpaired) electrons. The third kappa shape index (κ3) is 4.15. The molecule has 2 aromatic rings. The predicted molar refractivity (Wildman–Crippen MR) is 93.2 cm³/mol. The van der Waals surface area contributed by atoms with Gasteiger partial charge < -0.3 is 24.1 Å². The van der Waals surface area contributed by atoms with Crippen molar-refractivity contribution < 1.29 is 28.8 Å². The Morgan fingerprint density at radius 2 is 1.52 bits per heavy atom. The highest BCUT2D eigenvalue weighted by Gasteiger charge is 2.24. The van der Waals surface area contributed by atoms with Gasteiger partial charge in [-0.3, -0.25) is 4.79 Å². The number of hydrogen-bond donors (Lipinski definition) is 1. The number of carboxylic acids is 1. The Kier molecular flexibility index (Phi) is 6.11. The van der Waals surface area contributed by atoms with Crippen molar-refractivity contribution in [2.45, 2.75) is 12.3 Å². The van der Waals surface area contributed by atoms with Crippen molar-refractivity contribution in [3.63, 3.8) is 0 Å². The fourth-order valence-corrected chi connectivity index (χ4v) is 2.68. The van der Waals surface area contributed by atoms with Gasteiger partial charge in [0.05, 0.1) is 34.4 Å². The van der Waals surface area contributed by atoms with Gasteiger partial charge in [-0.05, 0) is 47.9 Å². The first-order chi connectivity index (χ1) is 12.0. The molecule has 0 heterocycles. The van der Waals surface area contributed by atoms with Crippen molar-refractivity contribution in [1.82, 2.24) is 0 Å². The Labute approximate surface area is 146 Å². The van der Waals surface area contributed by atoms with E-state index in [1.807, 2.05) is 0 Å². The minimum Gasteiger partial charge on any atom is -0.497 e. The molecule has 0 fully saturated rings. The van der Waals surface area contributed by atoms with Crippen molar-refractivity contribution in [1.29, 1.82) is 0 Å². The van der Waals surface area contributed by atoms with Gasteiger partial charge in [-0.25, -0.2) is 0 Å². The van der Waals surface area contributed by atoms with E-state index in [2.05, 4.69) is 0 Å². The molecule has 0 spiro atoms. The highest BCUT2D eigenvalue weighted by Crippen LogP contribution is 2.34. The molecule has 1 unspecified atom stereocenters. The Balaban J connectivity index is 2.41. The molecular formula is C19H22O6. The maximum absolute atomic E-state index is 11.9. The average molecular weight is 346 g/mol. The first-order valence-corrected chi connectivity index (χ1v) is 7.69. The van der Waals surface area contributed by atoms with Gasteiger partial charge in [0.15, 0.2) is 11.5 Å². The Morgan fingerprint density at radius 3 is 2.08 bits per heavy atom. The molecule has 6 heteroatoms. The van der Waals surface area contributed by atoms with Gasteiger partial charge in [-0.1, -0.05) is 6.07 Å². The van der Waals surface area contributed by atoms with Crippen LogP contribution in [-0.4, -0.2) is 39.5 Å². The summed E-state index contributed by atoms with van der Waals surface area (Å²) in [6.45, 7) is 0. The molecule has 0 saturated carbocycles. The predicted octanol–water partition coefficient (Wildman–Crippen LogP) is 3.13. The third-order valence-electron chi connectivity index (χ3n) is 4.02. The number of methoxy groups -OCH3 is 4. The van der Waals surface area contributed by atoms with E-state index in [9.17, 15) is 9.90 Å². The topological polar surface area (TPSA) is 74.2 Å². The zero-order valence-corrected chi connectivity index (χ0v) is 14.7. The quantitative estimate of drug-likeness (QED) is 0.791. The van der Waals surface area contributed by atoms with Crippen LogP contribution >= 0.6 is 0 Å². The summed E-state index contributed by atoms with van der Waals surface area (Å²) in [5.74, 6) is 0.607. The molecule has 6 nitrogen and oxygen atoms in total. The zero-order chi connectivity index (χ0) is 18.4. The van der Waals surface area contributed by atoms with E-state index in [4.69, 9.17) is 18.9 Å². The van der Waals surface area contributed by atoms with Crippen molar-refractivity contribution in [3.8, 4) is 23.0 Å². The van der Waals surface area contributed by atoms with Gasteiger partial charge in [-0.15, -0.1) is 0 Å². The van der Waals surface area contributed by atoms with Crippen molar-refractivity contribution in [3.05, 3.63) is 47.5 Å². The first-order valence-electron chi connectivity index (χ1n) is 7.69. The smallest absolute Gasteiger partial charge is 0.311 e. The molecule has 0 amide bonds. The molecule has 0 aromatic heterocycles. The summed E-state index contributed by atoms with van der Waals surface area (Å²) in [5.41, 5.74) is 1.37. The summed E-state index contributed by atoms with van der Waals surface area (Å²) in [7, 11) is 6.17. The van der Waals surface area contributed by atoms with Crippen LogP contribution in [0.3, 0.4) is 0 Å². The monoisotopic (exact) mass is 346 g/mol. The van der Waals surface area contributed by atoms with Gasteiger partial charge in [0.2, 0.25) is 0 Å². The van der Waals surface area contributed by atoms with Gasteiger partial charge in [0.1, 0.15) is 11.5 Å². The molecule has 1 atom stereocenters. The SMILES string of the molecule is COc1ccc(OC)c(CC(C(=O)O)c2ccc(OC)c(OC)c2)c1. The summed E-state index contributed by atoms with van der Waals surface area (Å²) in [4.78, 5) is 11.9. The second kappa shape index (κ2) is 8.28. The number of rotatable bonds is 8. The molecule has 0 saturated heterocycles. The summed E-state index contributed by atoms with van der Waals surface area (Å²) in [6, 6.07) is 10.4. The van der Waals surface area contributed by atoms with Crippen molar-refractivity contribution in [2.24, 2.45) is 0 Å². The fraction of sp³-hybridized carbons (Fsp3) is 0.316. The van der Waals surface area contributed by atoms with Gasteiger partial charge in [0, 0.05) is 0 Å². The van der Waals surface area contributed by atoms with Crippen LogP contribution in [0.15, 0.2) is 36.4 Å². The lowest BCUT2D eigenvalue weighted by Crippen LogP contribution is -2.15. The van der Waals surface area contributed by atoms with Crippen LogP contribution in [0.1, 0.15) is 17.0 Å². The molecule has 25 heavy (non-hydrogen) atoms. The Bertz CT molecular complexity index is 741. The normalized spacial score (nSPS) is 11.5. The average Bonchev–Trinajstić information content (AvgIpc) is 2.64. The van der Waals surface area contributed by atoms with Crippen molar-refractivity contribution in [2.75, 3.05) is 28.4 Å². The van der Waals surface area contributed by atoms with E-state index < -0.39 is 11.9 Å². The van der Waals surface area contributed by atoms with Crippen LogP contribution in [0, 0.1) is 0 Å². The van der Waals surface area contributed by atoms with E-state index in [0.717, 1.165) is 5.56 Å². The zero-order valence-electron chi connectivity index (χ0n) is 14.7. The lowest BCUT2D eigenvalue weighted by molar-refractivity contribution is -0.138. The van der Waals surface area contributed by atoms with E-state index in [1.54, 1.807) is 50.6 Å². The molecule has 0 aliphatic carbocycles. The number of hydrogen-bond acceptors (Lipinski definition) is 5. The maximum atomic E-state index is 11.9. The number of ether oxygens (including phenoxy) is 4. The van der Waals surface area contributed by atoms with Crippen LogP contribution in [0.5, 0.6) is 23.0 Å². The summed E-state index contributed by atoms with van der Waals surface area (Å²) in [5, 5.41) is 9.72. The van der Waals surface area contributed by atoms with Crippen LogP contribution in [-0.2, 0) is 11.2 Å². The largest absolute Gasteiger partial charge is 0.497 e. The van der Waals surface area contributed by atoms with Crippen LogP contribution in [0.2, 0.25) is 0 Å². The molecule has 0 aliphatic heterocycles. The van der Waals surface area contributed by atoms with Gasteiger partial charge >= 0.3 is 5.97 Å². The number of carbonyl (C=O) groups is 1. The minimum atomic E-state index is -0.933. The van der Waals surface area contributed by atoms with E-state index >= 15 is 0 Å². The molecule has 2 aromatic carbocycles. The lowest BCUT2D eigenvalue weighted by Gasteiger charge is -2.17. The maximum Gasteiger partial charge on any atom is 0.311 e. The number of carboxylic acid groups (broad SMARTS) is 1.